The molecule has 1 N–H and O–H groups in total. The Hall–Kier alpha value is -0.300. The molecule has 3 atom stereocenters. The number of rotatable bonds is 0. The van der Waals surface area contributed by atoms with Crippen LogP contribution in [0.15, 0.2) is 11.6 Å². The van der Waals surface area contributed by atoms with E-state index in [2.05, 4.69) is 26.8 Å². The van der Waals surface area contributed by atoms with Crippen molar-refractivity contribution in [2.75, 3.05) is 0 Å². The third-order valence-corrected chi connectivity index (χ3v) is 3.70. The minimum atomic E-state index is -0.0463. The van der Waals surface area contributed by atoms with Crippen LogP contribution < -0.4 is 0 Å². The van der Waals surface area contributed by atoms with Crippen molar-refractivity contribution in [3.8, 4) is 0 Å². The summed E-state index contributed by atoms with van der Waals surface area (Å²) in [6, 6.07) is 0. The molecule has 3 rings (SSSR count). The van der Waals surface area contributed by atoms with Gasteiger partial charge < -0.3 is 5.11 Å². The first-order chi connectivity index (χ1) is 5.05. The van der Waals surface area contributed by atoms with E-state index < -0.39 is 0 Å². The van der Waals surface area contributed by atoms with Crippen molar-refractivity contribution in [1.29, 1.82) is 0 Å². The van der Waals surface area contributed by atoms with E-state index in [9.17, 15) is 5.11 Å². The number of aliphatic hydroxyl groups excluding tert-OH is 1. The lowest BCUT2D eigenvalue weighted by molar-refractivity contribution is -0.144. The lowest BCUT2D eigenvalue weighted by Crippen LogP contribution is -2.59. The first-order valence-corrected chi connectivity index (χ1v) is 4.40. The lowest BCUT2D eigenvalue weighted by Gasteiger charge is -2.59. The molecule has 11 heavy (non-hydrogen) atoms. The standard InChI is InChI=1S/C10H16O/c1-6-4-5-7-9(11)8(6)10(7,2)3/h4,7-9,11H,5H2,1-3H3/t7-,8+,9+/m1/s1. The molecule has 2 bridgehead atoms. The molecule has 0 spiro atoms. The number of hydrogen-bond acceptors (Lipinski definition) is 1. The van der Waals surface area contributed by atoms with Crippen molar-refractivity contribution in [3.63, 3.8) is 0 Å². The molecule has 0 amide bonds. The lowest BCUT2D eigenvalue weighted by atomic mass is 9.47. The molecule has 1 saturated carbocycles. The fourth-order valence-electron chi connectivity index (χ4n) is 2.96. The number of hydrogen-bond donors (Lipinski definition) is 1. The summed E-state index contributed by atoms with van der Waals surface area (Å²) in [5.74, 6) is 0.970. The van der Waals surface area contributed by atoms with Crippen molar-refractivity contribution in [2.45, 2.75) is 33.3 Å². The minimum Gasteiger partial charge on any atom is -0.392 e. The molecule has 0 unspecified atom stereocenters. The van der Waals surface area contributed by atoms with E-state index in [1.807, 2.05) is 0 Å². The zero-order valence-corrected chi connectivity index (χ0v) is 7.46. The van der Waals surface area contributed by atoms with Crippen LogP contribution in [0, 0.1) is 17.3 Å². The minimum absolute atomic E-state index is 0.0463. The molecular formula is C10H16O. The Labute approximate surface area is 68.1 Å². The van der Waals surface area contributed by atoms with Crippen LogP contribution in [-0.2, 0) is 0 Å². The Bertz CT molecular complexity index is 215. The summed E-state index contributed by atoms with van der Waals surface area (Å²) in [6.07, 6.45) is 3.32. The van der Waals surface area contributed by atoms with Gasteiger partial charge in [0.15, 0.2) is 0 Å². The van der Waals surface area contributed by atoms with Crippen LogP contribution in [0.5, 0.6) is 0 Å². The van der Waals surface area contributed by atoms with E-state index in [1.165, 1.54) is 5.57 Å². The summed E-state index contributed by atoms with van der Waals surface area (Å²) in [5.41, 5.74) is 1.75. The molecule has 0 aromatic heterocycles. The molecule has 0 heterocycles. The first kappa shape index (κ1) is 7.35. The van der Waals surface area contributed by atoms with E-state index in [0.29, 0.717) is 17.3 Å². The van der Waals surface area contributed by atoms with Gasteiger partial charge >= 0.3 is 0 Å². The van der Waals surface area contributed by atoms with Crippen molar-refractivity contribution in [1.82, 2.24) is 0 Å². The van der Waals surface area contributed by atoms with Gasteiger partial charge in [0.05, 0.1) is 6.10 Å². The molecule has 0 radical (unpaired) electrons. The monoisotopic (exact) mass is 152 g/mol. The highest BCUT2D eigenvalue weighted by Gasteiger charge is 2.57. The van der Waals surface area contributed by atoms with E-state index in [1.54, 1.807) is 0 Å². The number of fused-ring (bicyclic) bond motifs is 1. The highest BCUT2D eigenvalue weighted by Crippen LogP contribution is 2.58. The van der Waals surface area contributed by atoms with E-state index >= 15 is 0 Å². The predicted molar refractivity (Wildman–Crippen MR) is 45.1 cm³/mol. The summed E-state index contributed by atoms with van der Waals surface area (Å²) in [7, 11) is 0. The second-order valence-corrected chi connectivity index (χ2v) is 4.58. The third kappa shape index (κ3) is 0.698. The van der Waals surface area contributed by atoms with Gasteiger partial charge in [0.1, 0.15) is 0 Å². The Kier molecular flexibility index (Phi) is 1.26. The van der Waals surface area contributed by atoms with Crippen LogP contribution in [0.1, 0.15) is 27.2 Å². The SMILES string of the molecule is CC1=CC[C@@H]2[C@H](O)[C@H]1C2(C)C. The quantitative estimate of drug-likeness (QED) is 0.526. The average Bonchev–Trinajstić information content (AvgIpc) is 1.85. The van der Waals surface area contributed by atoms with Crippen LogP contribution in [-0.4, -0.2) is 11.2 Å². The van der Waals surface area contributed by atoms with Crippen molar-refractivity contribution < 1.29 is 5.11 Å². The van der Waals surface area contributed by atoms with Gasteiger partial charge in [0.2, 0.25) is 0 Å². The summed E-state index contributed by atoms with van der Waals surface area (Å²) in [6.45, 7) is 6.68. The second-order valence-electron chi connectivity index (χ2n) is 4.58. The Balaban J connectivity index is 2.34. The van der Waals surface area contributed by atoms with Crippen molar-refractivity contribution in [3.05, 3.63) is 11.6 Å². The van der Waals surface area contributed by atoms with Crippen molar-refractivity contribution >= 4 is 0 Å². The van der Waals surface area contributed by atoms with E-state index in [4.69, 9.17) is 0 Å². The van der Waals surface area contributed by atoms with E-state index in [0.717, 1.165) is 6.42 Å². The maximum Gasteiger partial charge on any atom is 0.0647 e. The highest BCUT2D eigenvalue weighted by atomic mass is 16.3. The van der Waals surface area contributed by atoms with Gasteiger partial charge in [-0.05, 0) is 24.7 Å². The van der Waals surface area contributed by atoms with Crippen LogP contribution in [0.3, 0.4) is 0 Å². The number of allylic oxidation sites excluding steroid dienone is 1. The third-order valence-electron chi connectivity index (χ3n) is 3.70. The summed E-state index contributed by atoms with van der Waals surface area (Å²) < 4.78 is 0. The topological polar surface area (TPSA) is 20.2 Å². The number of aliphatic hydroxyl groups is 1. The Morgan fingerprint density at radius 2 is 2.18 bits per heavy atom. The van der Waals surface area contributed by atoms with Gasteiger partial charge in [-0.2, -0.15) is 0 Å². The molecule has 1 fully saturated rings. The normalized spacial score (nSPS) is 46.2. The molecule has 0 saturated heterocycles. The molecular weight excluding hydrogens is 136 g/mol. The van der Waals surface area contributed by atoms with Gasteiger partial charge in [-0.1, -0.05) is 25.5 Å². The first-order valence-electron chi connectivity index (χ1n) is 4.40. The molecule has 62 valence electrons. The average molecular weight is 152 g/mol. The van der Waals surface area contributed by atoms with Crippen LogP contribution in [0.25, 0.3) is 0 Å². The van der Waals surface area contributed by atoms with Crippen molar-refractivity contribution in [2.24, 2.45) is 17.3 Å². The van der Waals surface area contributed by atoms with Crippen LogP contribution in [0.2, 0.25) is 0 Å². The summed E-state index contributed by atoms with van der Waals surface area (Å²) in [4.78, 5) is 0. The van der Waals surface area contributed by atoms with Crippen LogP contribution in [0.4, 0.5) is 0 Å². The van der Waals surface area contributed by atoms with Gasteiger partial charge in [0, 0.05) is 5.92 Å². The fourth-order valence-corrected chi connectivity index (χ4v) is 2.96. The molecule has 0 aromatic carbocycles. The summed E-state index contributed by atoms with van der Waals surface area (Å²) >= 11 is 0. The molecule has 0 aromatic rings. The molecule has 3 aliphatic rings. The Morgan fingerprint density at radius 1 is 1.55 bits per heavy atom. The fraction of sp³-hybridized carbons (Fsp3) is 0.800. The Morgan fingerprint density at radius 3 is 2.45 bits per heavy atom. The van der Waals surface area contributed by atoms with E-state index in [-0.39, 0.29) is 6.10 Å². The van der Waals surface area contributed by atoms with Gasteiger partial charge in [-0.15, -0.1) is 0 Å². The maximum absolute atomic E-state index is 9.69. The zero-order chi connectivity index (χ0) is 8.22. The smallest absolute Gasteiger partial charge is 0.0647 e. The predicted octanol–water partition coefficient (Wildman–Crippen LogP) is 1.97. The maximum atomic E-state index is 9.69. The summed E-state index contributed by atoms with van der Waals surface area (Å²) in [5, 5.41) is 9.69. The second kappa shape index (κ2) is 1.89. The largest absolute Gasteiger partial charge is 0.392 e. The van der Waals surface area contributed by atoms with Crippen LogP contribution >= 0.6 is 0 Å². The molecule has 0 aliphatic heterocycles. The molecule has 3 aliphatic carbocycles. The highest BCUT2D eigenvalue weighted by molar-refractivity contribution is 5.25. The zero-order valence-electron chi connectivity index (χ0n) is 7.46. The molecule has 1 heteroatoms. The van der Waals surface area contributed by atoms with Gasteiger partial charge in [0.25, 0.3) is 0 Å². The van der Waals surface area contributed by atoms with Gasteiger partial charge in [-0.3, -0.25) is 0 Å². The molecule has 1 nitrogen and oxygen atoms in total. The van der Waals surface area contributed by atoms with Gasteiger partial charge in [-0.25, -0.2) is 0 Å².